The fraction of sp³-hybridized carbons (Fsp3) is 0.182. The first kappa shape index (κ1) is 10.6. The van der Waals surface area contributed by atoms with Gasteiger partial charge in [-0.2, -0.15) is 0 Å². The fourth-order valence-electron chi connectivity index (χ4n) is 1.87. The van der Waals surface area contributed by atoms with E-state index in [4.69, 9.17) is 14.6 Å². The monoisotopic (exact) mass is 247 g/mol. The van der Waals surface area contributed by atoms with Crippen LogP contribution < -0.4 is 9.47 Å². The van der Waals surface area contributed by atoms with Crippen molar-refractivity contribution in [2.75, 3.05) is 6.79 Å². The molecule has 2 aromatic rings. The van der Waals surface area contributed by atoms with Gasteiger partial charge in [-0.05, 0) is 18.2 Å². The SMILES string of the molecule is Cn1nnc(C(=O)O)c1-c1ccc2c(c1)OCO2. The molecule has 2 heterocycles. The quantitative estimate of drug-likeness (QED) is 0.848. The van der Waals surface area contributed by atoms with Gasteiger partial charge in [0.2, 0.25) is 6.79 Å². The maximum absolute atomic E-state index is 11.1. The van der Waals surface area contributed by atoms with Crippen LogP contribution in [0.25, 0.3) is 11.3 Å². The first-order chi connectivity index (χ1) is 8.66. The summed E-state index contributed by atoms with van der Waals surface area (Å²) >= 11 is 0. The van der Waals surface area contributed by atoms with E-state index in [1.54, 1.807) is 25.2 Å². The average molecular weight is 247 g/mol. The van der Waals surface area contributed by atoms with Crippen LogP contribution in [0, 0.1) is 0 Å². The van der Waals surface area contributed by atoms with Gasteiger partial charge < -0.3 is 14.6 Å². The van der Waals surface area contributed by atoms with E-state index in [1.807, 2.05) is 0 Å². The Morgan fingerprint density at radius 3 is 2.94 bits per heavy atom. The highest BCUT2D eigenvalue weighted by Gasteiger charge is 2.21. The van der Waals surface area contributed by atoms with Crippen molar-refractivity contribution in [1.29, 1.82) is 0 Å². The van der Waals surface area contributed by atoms with Gasteiger partial charge in [0.15, 0.2) is 17.2 Å². The van der Waals surface area contributed by atoms with Gasteiger partial charge in [-0.25, -0.2) is 9.48 Å². The number of carboxylic acids is 1. The van der Waals surface area contributed by atoms with Crippen LogP contribution in [0.2, 0.25) is 0 Å². The van der Waals surface area contributed by atoms with Crippen LogP contribution in [0.15, 0.2) is 18.2 Å². The van der Waals surface area contributed by atoms with Gasteiger partial charge in [-0.15, -0.1) is 5.10 Å². The van der Waals surface area contributed by atoms with Crippen LogP contribution in [-0.2, 0) is 7.05 Å². The molecule has 0 unspecified atom stereocenters. The van der Waals surface area contributed by atoms with E-state index in [0.717, 1.165) is 0 Å². The molecular weight excluding hydrogens is 238 g/mol. The molecule has 0 saturated heterocycles. The number of carboxylic acid groups (broad SMARTS) is 1. The molecule has 0 radical (unpaired) electrons. The number of benzene rings is 1. The first-order valence-corrected chi connectivity index (χ1v) is 5.20. The molecule has 0 bridgehead atoms. The number of aryl methyl sites for hydroxylation is 1. The Hall–Kier alpha value is -2.57. The summed E-state index contributed by atoms with van der Waals surface area (Å²) in [6.45, 7) is 0.175. The largest absolute Gasteiger partial charge is 0.476 e. The molecule has 1 N–H and O–H groups in total. The predicted molar refractivity (Wildman–Crippen MR) is 59.5 cm³/mol. The second-order valence-corrected chi connectivity index (χ2v) is 3.78. The minimum Gasteiger partial charge on any atom is -0.476 e. The van der Waals surface area contributed by atoms with Gasteiger partial charge in [0.05, 0.1) is 0 Å². The molecular formula is C11H9N3O4. The Kier molecular flexibility index (Phi) is 2.19. The number of hydrogen-bond donors (Lipinski definition) is 1. The van der Waals surface area contributed by atoms with E-state index in [-0.39, 0.29) is 12.5 Å². The first-order valence-electron chi connectivity index (χ1n) is 5.20. The molecule has 3 rings (SSSR count). The number of nitrogens with zero attached hydrogens (tertiary/aromatic N) is 3. The van der Waals surface area contributed by atoms with Gasteiger partial charge in [0.1, 0.15) is 5.69 Å². The summed E-state index contributed by atoms with van der Waals surface area (Å²) in [7, 11) is 1.64. The molecule has 1 aliphatic rings. The van der Waals surface area contributed by atoms with Gasteiger partial charge in [0.25, 0.3) is 0 Å². The fourth-order valence-corrected chi connectivity index (χ4v) is 1.87. The molecule has 0 fully saturated rings. The van der Waals surface area contributed by atoms with Crippen molar-refractivity contribution >= 4 is 5.97 Å². The molecule has 92 valence electrons. The van der Waals surface area contributed by atoms with Crippen molar-refractivity contribution in [3.63, 3.8) is 0 Å². The molecule has 18 heavy (non-hydrogen) atoms. The summed E-state index contributed by atoms with van der Waals surface area (Å²) in [6, 6.07) is 5.20. The Balaban J connectivity index is 2.15. The van der Waals surface area contributed by atoms with Gasteiger partial charge >= 0.3 is 5.97 Å². The van der Waals surface area contributed by atoms with E-state index < -0.39 is 5.97 Å². The van der Waals surface area contributed by atoms with Crippen LogP contribution in [0.1, 0.15) is 10.5 Å². The molecule has 1 aliphatic heterocycles. The number of carbonyl (C=O) groups is 1. The number of hydrogen-bond acceptors (Lipinski definition) is 5. The number of aromatic carboxylic acids is 1. The lowest BCUT2D eigenvalue weighted by Crippen LogP contribution is -2.01. The molecule has 0 amide bonds. The van der Waals surface area contributed by atoms with Crippen molar-refractivity contribution < 1.29 is 19.4 Å². The lowest BCUT2D eigenvalue weighted by molar-refractivity contribution is 0.0691. The highest BCUT2D eigenvalue weighted by Crippen LogP contribution is 2.36. The molecule has 0 atom stereocenters. The Morgan fingerprint density at radius 1 is 1.39 bits per heavy atom. The number of ether oxygens (including phenoxy) is 2. The number of rotatable bonds is 2. The smallest absolute Gasteiger partial charge is 0.358 e. The third kappa shape index (κ3) is 1.48. The van der Waals surface area contributed by atoms with Crippen LogP contribution in [-0.4, -0.2) is 32.9 Å². The molecule has 1 aromatic carbocycles. The van der Waals surface area contributed by atoms with Gasteiger partial charge in [-0.3, -0.25) is 0 Å². The van der Waals surface area contributed by atoms with Crippen molar-refractivity contribution in [3.05, 3.63) is 23.9 Å². The normalized spacial score (nSPS) is 12.7. The van der Waals surface area contributed by atoms with E-state index in [1.165, 1.54) is 4.68 Å². The predicted octanol–water partition coefficient (Wildman–Crippen LogP) is 0.909. The molecule has 0 aliphatic carbocycles. The molecule has 7 heteroatoms. The Bertz CT molecular complexity index is 635. The van der Waals surface area contributed by atoms with E-state index in [9.17, 15) is 4.79 Å². The van der Waals surface area contributed by atoms with Crippen molar-refractivity contribution in [2.24, 2.45) is 7.05 Å². The van der Waals surface area contributed by atoms with E-state index in [0.29, 0.717) is 22.8 Å². The Labute approximate surface area is 102 Å². The van der Waals surface area contributed by atoms with Crippen LogP contribution >= 0.6 is 0 Å². The lowest BCUT2D eigenvalue weighted by Gasteiger charge is -2.03. The molecule has 0 spiro atoms. The zero-order chi connectivity index (χ0) is 12.7. The zero-order valence-electron chi connectivity index (χ0n) is 9.45. The summed E-state index contributed by atoms with van der Waals surface area (Å²) in [5, 5.41) is 16.4. The van der Waals surface area contributed by atoms with Crippen LogP contribution in [0.4, 0.5) is 0 Å². The van der Waals surface area contributed by atoms with Crippen molar-refractivity contribution in [3.8, 4) is 22.8 Å². The van der Waals surface area contributed by atoms with Crippen molar-refractivity contribution in [1.82, 2.24) is 15.0 Å². The van der Waals surface area contributed by atoms with Crippen LogP contribution in [0.3, 0.4) is 0 Å². The van der Waals surface area contributed by atoms with E-state index in [2.05, 4.69) is 10.3 Å². The Morgan fingerprint density at radius 2 is 2.17 bits per heavy atom. The second kappa shape index (κ2) is 3.73. The number of aromatic nitrogens is 3. The third-order valence-corrected chi connectivity index (χ3v) is 2.68. The number of fused-ring (bicyclic) bond motifs is 1. The second-order valence-electron chi connectivity index (χ2n) is 3.78. The summed E-state index contributed by atoms with van der Waals surface area (Å²) in [5.74, 6) is 0.117. The average Bonchev–Trinajstić information content (AvgIpc) is 2.93. The summed E-state index contributed by atoms with van der Waals surface area (Å²) in [6.07, 6.45) is 0. The maximum atomic E-state index is 11.1. The van der Waals surface area contributed by atoms with Gasteiger partial charge in [0, 0.05) is 12.6 Å². The zero-order valence-corrected chi connectivity index (χ0v) is 9.45. The topological polar surface area (TPSA) is 86.5 Å². The third-order valence-electron chi connectivity index (χ3n) is 2.68. The van der Waals surface area contributed by atoms with E-state index >= 15 is 0 Å². The minimum absolute atomic E-state index is 0.0867. The summed E-state index contributed by atoms with van der Waals surface area (Å²) < 4.78 is 11.9. The summed E-state index contributed by atoms with van der Waals surface area (Å²) in [5.41, 5.74) is 1.02. The molecule has 7 nitrogen and oxygen atoms in total. The van der Waals surface area contributed by atoms with Crippen LogP contribution in [0.5, 0.6) is 11.5 Å². The molecule has 0 saturated carbocycles. The maximum Gasteiger partial charge on any atom is 0.358 e. The molecule has 1 aromatic heterocycles. The summed E-state index contributed by atoms with van der Waals surface area (Å²) in [4.78, 5) is 11.1. The minimum atomic E-state index is -1.12. The van der Waals surface area contributed by atoms with Gasteiger partial charge in [-0.1, -0.05) is 5.21 Å². The highest BCUT2D eigenvalue weighted by molar-refractivity contribution is 5.92. The van der Waals surface area contributed by atoms with Crippen molar-refractivity contribution in [2.45, 2.75) is 0 Å². The highest BCUT2D eigenvalue weighted by atomic mass is 16.7. The lowest BCUT2D eigenvalue weighted by atomic mass is 10.1. The standard InChI is InChI=1S/C11H9N3O4/c1-14-10(9(11(15)16)12-13-14)6-2-3-7-8(4-6)18-5-17-7/h2-4H,5H2,1H3,(H,15,16).